The van der Waals surface area contributed by atoms with Crippen molar-refractivity contribution < 1.29 is 9.47 Å². The predicted octanol–water partition coefficient (Wildman–Crippen LogP) is 1.86. The second kappa shape index (κ2) is 6.81. The molecule has 0 amide bonds. The molecule has 0 spiro atoms. The van der Waals surface area contributed by atoms with Crippen LogP contribution in [-0.2, 0) is 6.54 Å². The molecular formula is C15H19ClN4O2. The lowest BCUT2D eigenvalue weighted by molar-refractivity contribution is 0.171. The van der Waals surface area contributed by atoms with E-state index in [4.69, 9.17) is 15.2 Å². The fraction of sp³-hybridized carbons (Fsp3) is 0.333. The van der Waals surface area contributed by atoms with E-state index < -0.39 is 0 Å². The van der Waals surface area contributed by atoms with E-state index in [2.05, 4.69) is 9.97 Å². The van der Waals surface area contributed by atoms with Gasteiger partial charge in [-0.15, -0.1) is 12.4 Å². The number of fused-ring (bicyclic) bond motifs is 1. The Bertz CT molecular complexity index is 664. The van der Waals surface area contributed by atoms with Crippen molar-refractivity contribution in [3.05, 3.63) is 30.0 Å². The van der Waals surface area contributed by atoms with Crippen molar-refractivity contribution in [3.63, 3.8) is 0 Å². The van der Waals surface area contributed by atoms with Crippen LogP contribution >= 0.6 is 12.4 Å². The Labute approximate surface area is 135 Å². The number of ether oxygens (including phenoxy) is 2. The van der Waals surface area contributed by atoms with Crippen LogP contribution in [0.1, 0.15) is 5.69 Å². The van der Waals surface area contributed by atoms with E-state index in [9.17, 15) is 0 Å². The summed E-state index contributed by atoms with van der Waals surface area (Å²) in [6, 6.07) is 7.72. The summed E-state index contributed by atoms with van der Waals surface area (Å²) in [5.41, 5.74) is 8.31. The first-order chi connectivity index (χ1) is 10.2. The summed E-state index contributed by atoms with van der Waals surface area (Å²) in [5, 5.41) is 0. The van der Waals surface area contributed by atoms with Crippen molar-refractivity contribution in [1.82, 2.24) is 9.97 Å². The molecule has 7 heteroatoms. The van der Waals surface area contributed by atoms with E-state index in [-0.39, 0.29) is 12.4 Å². The van der Waals surface area contributed by atoms with Crippen molar-refractivity contribution in [3.8, 4) is 22.8 Å². The second-order valence-corrected chi connectivity index (χ2v) is 5.00. The molecular weight excluding hydrogens is 304 g/mol. The van der Waals surface area contributed by atoms with E-state index in [1.807, 2.05) is 43.3 Å². The van der Waals surface area contributed by atoms with Crippen LogP contribution in [0.4, 0.5) is 5.95 Å². The summed E-state index contributed by atoms with van der Waals surface area (Å²) < 4.78 is 11.2. The lowest BCUT2D eigenvalue weighted by atomic mass is 10.1. The molecule has 0 fully saturated rings. The molecule has 3 rings (SSSR count). The average Bonchev–Trinajstić information content (AvgIpc) is 2.53. The molecule has 0 saturated heterocycles. The molecule has 118 valence electrons. The first-order valence-electron chi connectivity index (χ1n) is 6.83. The van der Waals surface area contributed by atoms with E-state index in [1.165, 1.54) is 0 Å². The van der Waals surface area contributed by atoms with Gasteiger partial charge in [-0.2, -0.15) is 0 Å². The van der Waals surface area contributed by atoms with E-state index in [0.29, 0.717) is 25.7 Å². The quantitative estimate of drug-likeness (QED) is 0.930. The summed E-state index contributed by atoms with van der Waals surface area (Å²) in [4.78, 5) is 10.8. The Morgan fingerprint density at radius 1 is 1.09 bits per heavy atom. The molecule has 1 aromatic carbocycles. The number of halogens is 1. The average molecular weight is 323 g/mol. The second-order valence-electron chi connectivity index (χ2n) is 5.00. The smallest absolute Gasteiger partial charge is 0.225 e. The molecule has 0 aliphatic carbocycles. The molecule has 22 heavy (non-hydrogen) atoms. The van der Waals surface area contributed by atoms with E-state index in [0.717, 1.165) is 28.5 Å². The van der Waals surface area contributed by atoms with Crippen LogP contribution in [0.5, 0.6) is 11.5 Å². The minimum atomic E-state index is 0. The highest BCUT2D eigenvalue weighted by atomic mass is 35.5. The van der Waals surface area contributed by atoms with Gasteiger partial charge in [-0.1, -0.05) is 0 Å². The Morgan fingerprint density at radius 3 is 2.50 bits per heavy atom. The van der Waals surface area contributed by atoms with Gasteiger partial charge in [-0.25, -0.2) is 9.97 Å². The number of nitrogens with two attached hydrogens (primary N) is 1. The summed E-state index contributed by atoms with van der Waals surface area (Å²) >= 11 is 0. The summed E-state index contributed by atoms with van der Waals surface area (Å²) in [7, 11) is 3.81. The first kappa shape index (κ1) is 16.3. The van der Waals surface area contributed by atoms with Gasteiger partial charge in [0.05, 0.1) is 11.4 Å². The Morgan fingerprint density at radius 2 is 1.82 bits per heavy atom. The molecule has 0 radical (unpaired) electrons. The maximum absolute atomic E-state index is 5.72. The van der Waals surface area contributed by atoms with Gasteiger partial charge < -0.3 is 20.1 Å². The summed E-state index contributed by atoms with van der Waals surface area (Å²) in [5.74, 6) is 2.16. The molecule has 1 aliphatic rings. The first-order valence-corrected chi connectivity index (χ1v) is 6.83. The fourth-order valence-corrected chi connectivity index (χ4v) is 2.14. The lowest BCUT2D eigenvalue weighted by Crippen LogP contribution is -2.16. The van der Waals surface area contributed by atoms with Gasteiger partial charge >= 0.3 is 0 Å². The Balaban J connectivity index is 0.00000176. The van der Waals surface area contributed by atoms with Crippen LogP contribution in [0.2, 0.25) is 0 Å². The van der Waals surface area contributed by atoms with Gasteiger partial charge in [-0.3, -0.25) is 0 Å². The van der Waals surface area contributed by atoms with Gasteiger partial charge in [0, 0.05) is 26.2 Å². The number of benzene rings is 1. The monoisotopic (exact) mass is 322 g/mol. The zero-order chi connectivity index (χ0) is 14.8. The molecule has 2 aromatic rings. The Kier molecular flexibility index (Phi) is 5.05. The van der Waals surface area contributed by atoms with Gasteiger partial charge in [0.2, 0.25) is 5.95 Å². The highest BCUT2D eigenvalue weighted by molar-refractivity contribution is 5.85. The number of hydrogen-bond acceptors (Lipinski definition) is 6. The van der Waals surface area contributed by atoms with Crippen LogP contribution in [0.15, 0.2) is 24.3 Å². The van der Waals surface area contributed by atoms with Gasteiger partial charge in [0.15, 0.2) is 11.5 Å². The van der Waals surface area contributed by atoms with Crippen molar-refractivity contribution in [2.45, 2.75) is 6.54 Å². The fourth-order valence-electron chi connectivity index (χ4n) is 2.14. The van der Waals surface area contributed by atoms with Crippen molar-refractivity contribution in [2.75, 3.05) is 32.2 Å². The standard InChI is InChI=1S/C15H18N4O2.ClH/c1-19(2)15-17-11(9-16)8-12(18-15)10-3-4-13-14(7-10)21-6-5-20-13;/h3-4,7-8H,5-6,9,16H2,1-2H3;1H. The maximum Gasteiger partial charge on any atom is 0.225 e. The third-order valence-electron chi connectivity index (χ3n) is 3.21. The summed E-state index contributed by atoms with van der Waals surface area (Å²) in [6.07, 6.45) is 0. The lowest BCUT2D eigenvalue weighted by Gasteiger charge is -2.19. The van der Waals surface area contributed by atoms with Crippen LogP contribution in [0.3, 0.4) is 0 Å². The number of nitrogens with zero attached hydrogens (tertiary/aromatic N) is 3. The minimum Gasteiger partial charge on any atom is -0.486 e. The maximum atomic E-state index is 5.72. The molecule has 1 aliphatic heterocycles. The Hall–Kier alpha value is -2.05. The van der Waals surface area contributed by atoms with Crippen molar-refractivity contribution >= 4 is 18.4 Å². The molecule has 0 unspecified atom stereocenters. The molecule has 6 nitrogen and oxygen atoms in total. The summed E-state index contributed by atoms with van der Waals surface area (Å²) in [6.45, 7) is 1.53. The molecule has 0 bridgehead atoms. The van der Waals surface area contributed by atoms with Crippen LogP contribution in [-0.4, -0.2) is 37.3 Å². The van der Waals surface area contributed by atoms with E-state index >= 15 is 0 Å². The topological polar surface area (TPSA) is 73.5 Å². The number of aromatic nitrogens is 2. The molecule has 0 saturated carbocycles. The highest BCUT2D eigenvalue weighted by Crippen LogP contribution is 2.34. The molecule has 2 heterocycles. The van der Waals surface area contributed by atoms with E-state index in [1.54, 1.807) is 0 Å². The third kappa shape index (κ3) is 3.23. The number of anilines is 1. The van der Waals surface area contributed by atoms with Crippen LogP contribution in [0, 0.1) is 0 Å². The van der Waals surface area contributed by atoms with Gasteiger partial charge in [0.25, 0.3) is 0 Å². The van der Waals surface area contributed by atoms with Crippen molar-refractivity contribution in [2.24, 2.45) is 5.73 Å². The van der Waals surface area contributed by atoms with Gasteiger partial charge in [0.1, 0.15) is 13.2 Å². The number of hydrogen-bond donors (Lipinski definition) is 1. The molecule has 2 N–H and O–H groups in total. The third-order valence-corrected chi connectivity index (χ3v) is 3.21. The zero-order valence-electron chi connectivity index (χ0n) is 12.6. The largest absolute Gasteiger partial charge is 0.486 e. The normalized spacial score (nSPS) is 12.5. The zero-order valence-corrected chi connectivity index (χ0v) is 13.4. The van der Waals surface area contributed by atoms with Crippen LogP contribution in [0.25, 0.3) is 11.3 Å². The molecule has 0 atom stereocenters. The highest BCUT2D eigenvalue weighted by Gasteiger charge is 2.14. The van der Waals surface area contributed by atoms with Gasteiger partial charge in [-0.05, 0) is 24.3 Å². The SMILES string of the molecule is CN(C)c1nc(CN)cc(-c2ccc3c(c2)OCCO3)n1.Cl. The van der Waals surface area contributed by atoms with Crippen molar-refractivity contribution in [1.29, 1.82) is 0 Å². The predicted molar refractivity (Wildman–Crippen MR) is 87.9 cm³/mol. The minimum absolute atomic E-state index is 0. The van der Waals surface area contributed by atoms with Crippen LogP contribution < -0.4 is 20.1 Å². The number of rotatable bonds is 3. The molecule has 1 aromatic heterocycles.